The largest absolute Gasteiger partial charge is 0.322 e. The summed E-state index contributed by atoms with van der Waals surface area (Å²) in [5.74, 6) is -2.70. The number of halogens is 2. The molecule has 2 aliphatic rings. The third-order valence-corrected chi connectivity index (χ3v) is 3.31. The summed E-state index contributed by atoms with van der Waals surface area (Å²) in [4.78, 5) is 35.7. The maximum Gasteiger partial charge on any atom is 0.322 e. The highest BCUT2D eigenvalue weighted by Crippen LogP contribution is 2.29. The van der Waals surface area contributed by atoms with Gasteiger partial charge in [-0.05, 0) is 6.07 Å². The lowest BCUT2D eigenvalue weighted by Crippen LogP contribution is -2.48. The fourth-order valence-corrected chi connectivity index (χ4v) is 2.35. The van der Waals surface area contributed by atoms with Gasteiger partial charge in [0.2, 0.25) is 11.8 Å². The molecule has 0 aromatic heterocycles. The molecule has 0 aliphatic carbocycles. The molecular weight excluding hydrogens is 272 g/mol. The van der Waals surface area contributed by atoms with Crippen LogP contribution in [0.4, 0.5) is 19.3 Å². The van der Waals surface area contributed by atoms with E-state index in [0.717, 1.165) is 11.0 Å². The van der Waals surface area contributed by atoms with Crippen LogP contribution in [0, 0.1) is 11.6 Å². The molecule has 0 saturated carbocycles. The molecule has 0 bridgehead atoms. The van der Waals surface area contributed by atoms with E-state index in [0.29, 0.717) is 6.07 Å². The molecule has 1 saturated heterocycles. The van der Waals surface area contributed by atoms with Crippen molar-refractivity contribution in [3.8, 4) is 0 Å². The Morgan fingerprint density at radius 2 is 1.90 bits per heavy atom. The first kappa shape index (κ1) is 12.5. The van der Waals surface area contributed by atoms with Gasteiger partial charge in [-0.15, -0.1) is 0 Å². The van der Waals surface area contributed by atoms with E-state index in [1.54, 1.807) is 0 Å². The van der Waals surface area contributed by atoms with Crippen LogP contribution >= 0.6 is 0 Å². The van der Waals surface area contributed by atoms with Gasteiger partial charge in [0, 0.05) is 11.6 Å². The Balaban J connectivity index is 1.95. The number of anilines is 1. The second-order valence-electron chi connectivity index (χ2n) is 4.60. The van der Waals surface area contributed by atoms with Crippen LogP contribution in [0.3, 0.4) is 0 Å². The van der Waals surface area contributed by atoms with Crippen molar-refractivity contribution in [2.45, 2.75) is 19.0 Å². The number of hydrogen-bond donors (Lipinski definition) is 2. The molecular formula is C12H9F2N3O3. The molecule has 3 rings (SSSR count). The summed E-state index contributed by atoms with van der Waals surface area (Å²) in [5.41, 5.74) is 0.117. The molecule has 20 heavy (non-hydrogen) atoms. The van der Waals surface area contributed by atoms with Crippen molar-refractivity contribution in [2.24, 2.45) is 0 Å². The van der Waals surface area contributed by atoms with Crippen LogP contribution in [0.1, 0.15) is 12.0 Å². The predicted octanol–water partition coefficient (Wildman–Crippen LogP) is 0.727. The van der Waals surface area contributed by atoms with E-state index in [1.807, 2.05) is 0 Å². The summed E-state index contributed by atoms with van der Waals surface area (Å²) >= 11 is 0. The molecule has 1 aromatic carbocycles. The van der Waals surface area contributed by atoms with Crippen molar-refractivity contribution >= 4 is 23.5 Å². The van der Waals surface area contributed by atoms with Gasteiger partial charge in [0.05, 0.1) is 18.7 Å². The Bertz CT molecular complexity index is 647. The monoisotopic (exact) mass is 281 g/mol. The highest BCUT2D eigenvalue weighted by molar-refractivity contribution is 6.07. The molecule has 0 spiro atoms. The van der Waals surface area contributed by atoms with Crippen molar-refractivity contribution in [3.05, 3.63) is 29.3 Å². The zero-order valence-corrected chi connectivity index (χ0v) is 10.1. The molecule has 2 N–H and O–H groups in total. The number of fused-ring (bicyclic) bond motifs is 1. The lowest BCUT2D eigenvalue weighted by molar-refractivity contribution is -0.126. The third-order valence-electron chi connectivity index (χ3n) is 3.31. The zero-order chi connectivity index (χ0) is 14.4. The Labute approximate surface area is 111 Å². The van der Waals surface area contributed by atoms with Gasteiger partial charge in [-0.1, -0.05) is 0 Å². The summed E-state index contributed by atoms with van der Waals surface area (Å²) in [7, 11) is 0. The Kier molecular flexibility index (Phi) is 2.66. The number of nitrogens with zero attached hydrogens (tertiary/aromatic N) is 1. The third kappa shape index (κ3) is 1.89. The number of rotatable bonds is 1. The molecule has 8 heteroatoms. The second kappa shape index (κ2) is 4.26. The highest BCUT2D eigenvalue weighted by Gasteiger charge is 2.40. The molecule has 4 amide bonds. The van der Waals surface area contributed by atoms with E-state index in [-0.39, 0.29) is 24.2 Å². The Hall–Kier alpha value is -2.51. The van der Waals surface area contributed by atoms with Crippen molar-refractivity contribution < 1.29 is 23.2 Å². The van der Waals surface area contributed by atoms with Crippen molar-refractivity contribution in [2.75, 3.05) is 5.32 Å². The number of carbonyl (C=O) groups is 3. The van der Waals surface area contributed by atoms with Gasteiger partial charge in [-0.3, -0.25) is 14.9 Å². The molecule has 1 atom stereocenters. The molecule has 0 radical (unpaired) electrons. The topological polar surface area (TPSA) is 78.5 Å². The summed E-state index contributed by atoms with van der Waals surface area (Å²) in [6, 6.07) is 0.0690. The normalized spacial score (nSPS) is 21.6. The SMILES string of the molecule is O=C1CC(N2Cc3c(F)cc(F)cc3NC2=O)C(=O)N1. The number of amides is 4. The summed E-state index contributed by atoms with van der Waals surface area (Å²) in [5, 5.41) is 4.40. The molecule has 2 aliphatic heterocycles. The first-order valence-electron chi connectivity index (χ1n) is 5.85. The van der Waals surface area contributed by atoms with Crippen LogP contribution in [0.15, 0.2) is 12.1 Å². The molecule has 1 unspecified atom stereocenters. The standard InChI is InChI=1S/C12H9F2N3O3/c13-5-1-7(14)6-4-17(12(20)15-8(6)2-5)9-3-10(18)16-11(9)19/h1-2,9H,3-4H2,(H,15,20)(H,16,18,19). The average Bonchev–Trinajstić information content (AvgIpc) is 2.67. The van der Waals surface area contributed by atoms with Gasteiger partial charge in [-0.2, -0.15) is 0 Å². The van der Waals surface area contributed by atoms with E-state index >= 15 is 0 Å². The fraction of sp³-hybridized carbons (Fsp3) is 0.250. The number of urea groups is 1. The Morgan fingerprint density at radius 3 is 2.55 bits per heavy atom. The Morgan fingerprint density at radius 1 is 1.15 bits per heavy atom. The van der Waals surface area contributed by atoms with Gasteiger partial charge in [-0.25, -0.2) is 13.6 Å². The lowest BCUT2D eigenvalue weighted by atomic mass is 10.1. The molecule has 6 nitrogen and oxygen atoms in total. The van der Waals surface area contributed by atoms with E-state index < -0.39 is 35.5 Å². The average molecular weight is 281 g/mol. The number of benzene rings is 1. The lowest BCUT2D eigenvalue weighted by Gasteiger charge is -2.32. The molecule has 1 aromatic rings. The number of hydrogen-bond acceptors (Lipinski definition) is 3. The van der Waals surface area contributed by atoms with Crippen LogP contribution in [-0.4, -0.2) is 28.8 Å². The van der Waals surface area contributed by atoms with Crippen LogP contribution < -0.4 is 10.6 Å². The van der Waals surface area contributed by atoms with Gasteiger partial charge >= 0.3 is 6.03 Å². The van der Waals surface area contributed by atoms with Gasteiger partial charge in [0.1, 0.15) is 17.7 Å². The number of imide groups is 1. The quantitative estimate of drug-likeness (QED) is 0.745. The van der Waals surface area contributed by atoms with Crippen LogP contribution in [0.5, 0.6) is 0 Å². The number of nitrogens with one attached hydrogen (secondary N) is 2. The maximum atomic E-state index is 13.7. The zero-order valence-electron chi connectivity index (χ0n) is 10.1. The van der Waals surface area contributed by atoms with E-state index in [2.05, 4.69) is 10.6 Å². The van der Waals surface area contributed by atoms with Crippen molar-refractivity contribution in [1.29, 1.82) is 0 Å². The fourth-order valence-electron chi connectivity index (χ4n) is 2.35. The highest BCUT2D eigenvalue weighted by atomic mass is 19.1. The van der Waals surface area contributed by atoms with Crippen molar-refractivity contribution in [1.82, 2.24) is 10.2 Å². The number of carbonyl (C=O) groups excluding carboxylic acids is 3. The van der Waals surface area contributed by atoms with Crippen LogP contribution in [0.2, 0.25) is 0 Å². The first-order chi connectivity index (χ1) is 9.45. The van der Waals surface area contributed by atoms with E-state index in [1.165, 1.54) is 0 Å². The van der Waals surface area contributed by atoms with Crippen LogP contribution in [0.25, 0.3) is 0 Å². The predicted molar refractivity (Wildman–Crippen MR) is 62.5 cm³/mol. The minimum atomic E-state index is -0.972. The molecule has 104 valence electrons. The van der Waals surface area contributed by atoms with E-state index in [4.69, 9.17) is 0 Å². The minimum Gasteiger partial charge on any atom is -0.307 e. The van der Waals surface area contributed by atoms with Crippen LogP contribution in [-0.2, 0) is 16.1 Å². The molecule has 2 heterocycles. The summed E-state index contributed by atoms with van der Waals surface area (Å²) in [6.45, 7) is -0.196. The van der Waals surface area contributed by atoms with Crippen molar-refractivity contribution in [3.63, 3.8) is 0 Å². The maximum absolute atomic E-state index is 13.7. The minimum absolute atomic E-state index is 0.0356. The second-order valence-corrected chi connectivity index (χ2v) is 4.60. The first-order valence-corrected chi connectivity index (χ1v) is 5.85. The smallest absolute Gasteiger partial charge is 0.307 e. The van der Waals surface area contributed by atoms with E-state index in [9.17, 15) is 23.2 Å². The summed E-state index contributed by atoms with van der Waals surface area (Å²) < 4.78 is 26.8. The van der Waals surface area contributed by atoms with Gasteiger partial charge < -0.3 is 10.2 Å². The summed E-state index contributed by atoms with van der Waals surface area (Å²) in [6.07, 6.45) is -0.162. The van der Waals surface area contributed by atoms with Gasteiger partial charge in [0.25, 0.3) is 0 Å². The van der Waals surface area contributed by atoms with Gasteiger partial charge in [0.15, 0.2) is 0 Å². The molecule has 1 fully saturated rings.